The van der Waals surface area contributed by atoms with E-state index in [1.165, 1.54) is 5.57 Å². The third kappa shape index (κ3) is 1.68. The van der Waals surface area contributed by atoms with E-state index < -0.39 is 5.41 Å². The number of amides is 1. The minimum absolute atomic E-state index is 0.0196. The van der Waals surface area contributed by atoms with E-state index in [-0.39, 0.29) is 12.0 Å². The summed E-state index contributed by atoms with van der Waals surface area (Å²) in [5.74, 6) is 1.21. The van der Waals surface area contributed by atoms with Crippen molar-refractivity contribution >= 4 is 11.6 Å². The van der Waals surface area contributed by atoms with Crippen LogP contribution in [0.1, 0.15) is 25.3 Å². The number of rotatable bonds is 0. The lowest BCUT2D eigenvalue weighted by Gasteiger charge is -2.46. The number of benzene rings is 1. The smallest absolute Gasteiger partial charge is 0.237 e. The molecule has 1 spiro atoms. The molecule has 126 valence electrons. The Hall–Kier alpha value is -1.65. The van der Waals surface area contributed by atoms with Crippen molar-refractivity contribution in [2.45, 2.75) is 37.3 Å². The standard InChI is InChI=1S/C20H24N2O2/c1-3-12-10-22(2)17-9-20(18-8-13(12)14(17)11-24-18)15-6-4-5-7-16(15)21-19(20)23/h3-7,13-14,17-18H,8-11H2,1-2H3,(H,21,23)/b12-3+. The molecule has 4 heteroatoms. The number of carbonyl (C=O) groups excluding carboxylic acids is 1. The van der Waals surface area contributed by atoms with Crippen LogP contribution < -0.4 is 5.32 Å². The average Bonchev–Trinajstić information content (AvgIpc) is 2.72. The zero-order chi connectivity index (χ0) is 16.5. The number of anilines is 1. The van der Waals surface area contributed by atoms with Crippen molar-refractivity contribution in [3.05, 3.63) is 41.5 Å². The summed E-state index contributed by atoms with van der Waals surface area (Å²) in [5, 5.41) is 3.14. The van der Waals surface area contributed by atoms with Gasteiger partial charge in [-0.25, -0.2) is 0 Å². The lowest BCUT2D eigenvalue weighted by Crippen LogP contribution is -2.50. The second-order valence-electron chi connectivity index (χ2n) is 7.85. The highest BCUT2D eigenvalue weighted by molar-refractivity contribution is 6.07. The number of piperidine rings is 1. The van der Waals surface area contributed by atoms with Crippen molar-refractivity contribution in [2.75, 3.05) is 25.5 Å². The van der Waals surface area contributed by atoms with E-state index in [1.54, 1.807) is 0 Å². The Labute approximate surface area is 142 Å². The quantitative estimate of drug-likeness (QED) is 0.746. The molecule has 4 heterocycles. The fourth-order valence-electron chi connectivity index (χ4n) is 5.75. The van der Waals surface area contributed by atoms with Crippen LogP contribution in [0.25, 0.3) is 0 Å². The Bertz CT molecular complexity index is 743. The number of carbonyl (C=O) groups is 1. The molecule has 4 fully saturated rings. The molecule has 1 aliphatic carbocycles. The fraction of sp³-hybridized carbons (Fsp3) is 0.550. The number of nitrogens with zero attached hydrogens (tertiary/aromatic N) is 1. The van der Waals surface area contributed by atoms with Gasteiger partial charge in [-0.3, -0.25) is 9.69 Å². The molecular formula is C20H24N2O2. The van der Waals surface area contributed by atoms with Gasteiger partial charge in [-0.15, -0.1) is 0 Å². The molecule has 3 saturated heterocycles. The maximum absolute atomic E-state index is 13.2. The van der Waals surface area contributed by atoms with E-state index >= 15 is 0 Å². The zero-order valence-corrected chi connectivity index (χ0v) is 14.3. The monoisotopic (exact) mass is 324 g/mol. The van der Waals surface area contributed by atoms with Gasteiger partial charge in [0.2, 0.25) is 5.91 Å². The van der Waals surface area contributed by atoms with Crippen LogP contribution in [0, 0.1) is 11.8 Å². The predicted molar refractivity (Wildman–Crippen MR) is 92.9 cm³/mol. The van der Waals surface area contributed by atoms with Gasteiger partial charge in [-0.1, -0.05) is 29.8 Å². The van der Waals surface area contributed by atoms with Gasteiger partial charge in [0.1, 0.15) is 5.41 Å². The maximum atomic E-state index is 13.2. The Morgan fingerprint density at radius 1 is 1.38 bits per heavy atom. The van der Waals surface area contributed by atoms with Crippen LogP contribution in [0.5, 0.6) is 0 Å². The second-order valence-corrected chi connectivity index (χ2v) is 7.85. The van der Waals surface area contributed by atoms with E-state index in [0.717, 1.165) is 37.2 Å². The molecule has 1 aromatic rings. The summed E-state index contributed by atoms with van der Waals surface area (Å²) >= 11 is 0. The number of hydrogen-bond donors (Lipinski definition) is 1. The van der Waals surface area contributed by atoms with Crippen LogP contribution in [0.3, 0.4) is 0 Å². The molecule has 0 aromatic heterocycles. The number of nitrogens with one attached hydrogen (secondary N) is 1. The van der Waals surface area contributed by atoms with Crippen molar-refractivity contribution in [2.24, 2.45) is 11.8 Å². The number of likely N-dealkylation sites (N-methyl/N-ethyl adjacent to an activating group) is 1. The molecule has 4 nitrogen and oxygen atoms in total. The normalized spacial score (nSPS) is 42.2. The summed E-state index contributed by atoms with van der Waals surface area (Å²) in [6.07, 6.45) is 4.10. The van der Waals surface area contributed by atoms with Crippen molar-refractivity contribution in [1.82, 2.24) is 4.90 Å². The zero-order valence-electron chi connectivity index (χ0n) is 14.3. The van der Waals surface area contributed by atoms with Crippen molar-refractivity contribution in [3.63, 3.8) is 0 Å². The third-order valence-electron chi connectivity index (χ3n) is 6.96. The maximum Gasteiger partial charge on any atom is 0.237 e. The summed E-state index contributed by atoms with van der Waals surface area (Å²) in [7, 11) is 2.20. The highest BCUT2D eigenvalue weighted by atomic mass is 16.5. The molecule has 0 radical (unpaired) electrons. The molecule has 24 heavy (non-hydrogen) atoms. The molecule has 1 amide bonds. The minimum atomic E-state index is -0.526. The van der Waals surface area contributed by atoms with Crippen molar-refractivity contribution in [3.8, 4) is 0 Å². The molecule has 1 saturated carbocycles. The SMILES string of the molecule is C/C=C1\CN(C)C2CC3(C(=O)Nc4ccccc43)C3CC1C2CO3. The Balaban J connectivity index is 1.69. The molecule has 6 rings (SSSR count). The summed E-state index contributed by atoms with van der Waals surface area (Å²) in [4.78, 5) is 15.6. The highest BCUT2D eigenvalue weighted by Gasteiger charge is 2.61. The molecule has 5 unspecified atom stereocenters. The molecule has 4 bridgehead atoms. The first kappa shape index (κ1) is 14.7. The van der Waals surface area contributed by atoms with Gasteiger partial charge in [0.25, 0.3) is 0 Å². The number of ether oxygens (including phenoxy) is 1. The molecule has 5 atom stereocenters. The van der Waals surface area contributed by atoms with Gasteiger partial charge in [0.05, 0.1) is 12.7 Å². The van der Waals surface area contributed by atoms with Gasteiger partial charge in [0, 0.05) is 24.2 Å². The molecular weight excluding hydrogens is 300 g/mol. The summed E-state index contributed by atoms with van der Waals surface area (Å²) < 4.78 is 6.33. The number of para-hydroxylation sites is 1. The van der Waals surface area contributed by atoms with E-state index in [2.05, 4.69) is 36.3 Å². The first-order valence-corrected chi connectivity index (χ1v) is 9.03. The first-order chi connectivity index (χ1) is 11.6. The lowest BCUT2D eigenvalue weighted by atomic mass is 9.72. The summed E-state index contributed by atoms with van der Waals surface area (Å²) in [6.45, 7) is 3.95. The van der Waals surface area contributed by atoms with Crippen LogP contribution >= 0.6 is 0 Å². The molecule has 1 N–H and O–H groups in total. The Kier molecular flexibility index (Phi) is 3.01. The van der Waals surface area contributed by atoms with Crippen LogP contribution in [-0.2, 0) is 14.9 Å². The van der Waals surface area contributed by atoms with Crippen LogP contribution in [0.4, 0.5) is 5.69 Å². The van der Waals surface area contributed by atoms with Gasteiger partial charge >= 0.3 is 0 Å². The lowest BCUT2D eigenvalue weighted by molar-refractivity contribution is -0.129. The van der Waals surface area contributed by atoms with E-state index in [9.17, 15) is 4.79 Å². The Morgan fingerprint density at radius 2 is 2.21 bits per heavy atom. The second kappa shape index (κ2) is 4.93. The Morgan fingerprint density at radius 3 is 3.04 bits per heavy atom. The van der Waals surface area contributed by atoms with Gasteiger partial charge < -0.3 is 10.1 Å². The topological polar surface area (TPSA) is 41.6 Å². The van der Waals surface area contributed by atoms with Crippen LogP contribution in [0.15, 0.2) is 35.9 Å². The van der Waals surface area contributed by atoms with E-state index in [4.69, 9.17) is 4.74 Å². The number of likely N-dealkylation sites (tertiary alicyclic amines) is 1. The van der Waals surface area contributed by atoms with E-state index in [0.29, 0.717) is 17.9 Å². The first-order valence-electron chi connectivity index (χ1n) is 9.03. The van der Waals surface area contributed by atoms with Crippen LogP contribution in [0.2, 0.25) is 0 Å². The highest BCUT2D eigenvalue weighted by Crippen LogP contribution is 2.55. The number of fused-ring (bicyclic) bond motifs is 2. The summed E-state index contributed by atoms with van der Waals surface area (Å²) in [6, 6.07) is 8.59. The largest absolute Gasteiger partial charge is 0.376 e. The molecule has 1 aromatic carbocycles. The average molecular weight is 324 g/mol. The summed E-state index contributed by atoms with van der Waals surface area (Å²) in [5.41, 5.74) is 3.11. The van der Waals surface area contributed by atoms with E-state index in [1.807, 2.05) is 18.2 Å². The van der Waals surface area contributed by atoms with Gasteiger partial charge in [-0.05, 0) is 44.4 Å². The van der Waals surface area contributed by atoms with Crippen molar-refractivity contribution < 1.29 is 9.53 Å². The predicted octanol–water partition coefficient (Wildman–Crippen LogP) is 2.56. The number of hydrogen-bond acceptors (Lipinski definition) is 3. The fourth-order valence-corrected chi connectivity index (χ4v) is 5.75. The van der Waals surface area contributed by atoms with Crippen molar-refractivity contribution in [1.29, 1.82) is 0 Å². The molecule has 5 aliphatic rings. The van der Waals surface area contributed by atoms with Crippen LogP contribution in [-0.4, -0.2) is 43.2 Å². The van der Waals surface area contributed by atoms with Gasteiger partial charge in [0.15, 0.2) is 0 Å². The molecule has 4 aliphatic heterocycles. The van der Waals surface area contributed by atoms with Gasteiger partial charge in [-0.2, -0.15) is 0 Å². The minimum Gasteiger partial charge on any atom is -0.376 e. The third-order valence-corrected chi connectivity index (χ3v) is 6.96. The number of allylic oxidation sites excluding steroid dienone is 1.